The van der Waals surface area contributed by atoms with Crippen LogP contribution in [-0.2, 0) is 0 Å². The maximum Gasteiger partial charge on any atom is 0.0636 e. The minimum absolute atomic E-state index is 0.382. The van der Waals surface area contributed by atoms with Crippen LogP contribution in [0.2, 0.25) is 5.02 Å². The lowest BCUT2D eigenvalue weighted by molar-refractivity contribution is 1.01. The Hall–Kier alpha value is -1.82. The van der Waals surface area contributed by atoms with Gasteiger partial charge in [-0.15, -0.1) is 0 Å². The number of nitrogens with zero attached hydrogens (tertiary/aromatic N) is 3. The summed E-state index contributed by atoms with van der Waals surface area (Å²) in [7, 11) is 0. The topological polar surface area (TPSA) is 74.8 Å². The van der Waals surface area contributed by atoms with Gasteiger partial charge >= 0.3 is 0 Å². The molecule has 0 unspecified atom stereocenters. The third kappa shape index (κ3) is 3.82. The van der Waals surface area contributed by atoms with Gasteiger partial charge in [0.2, 0.25) is 0 Å². The van der Waals surface area contributed by atoms with Crippen molar-refractivity contribution >= 4 is 17.3 Å². The van der Waals surface area contributed by atoms with E-state index in [0.717, 1.165) is 5.56 Å². The lowest BCUT2D eigenvalue weighted by Crippen LogP contribution is -1.86. The second-order valence-corrected chi connectivity index (χ2v) is 3.15. The second kappa shape index (κ2) is 5.82. The molecule has 0 aromatic heterocycles. The second-order valence-electron chi connectivity index (χ2n) is 2.74. The number of benzene rings is 1. The van der Waals surface area contributed by atoms with Crippen molar-refractivity contribution in [3.05, 3.63) is 39.2 Å². The molecule has 0 amide bonds. The van der Waals surface area contributed by atoms with Gasteiger partial charge in [-0.1, -0.05) is 28.6 Å². The summed E-state index contributed by atoms with van der Waals surface area (Å²) in [4.78, 5) is 2.63. The fourth-order valence-corrected chi connectivity index (χ4v) is 1.05. The van der Waals surface area contributed by atoms with Crippen molar-refractivity contribution in [1.29, 1.82) is 0 Å². The van der Waals surface area contributed by atoms with Crippen LogP contribution in [0.1, 0.15) is 12.0 Å². The van der Waals surface area contributed by atoms with Crippen LogP contribution in [0.5, 0.6) is 0 Å². The van der Waals surface area contributed by atoms with Gasteiger partial charge in [0.1, 0.15) is 0 Å². The highest BCUT2D eigenvalue weighted by atomic mass is 35.5. The number of hydrogen-bond donors (Lipinski definition) is 1. The van der Waals surface area contributed by atoms with Crippen molar-refractivity contribution in [2.45, 2.75) is 6.42 Å². The standard InChI is InChI=1S/C10H9ClN4/c11-9-5-4-8(7-10(9)12)3-1-2-6-14-15-13/h4-5,7H,2,6,12H2. The van der Waals surface area contributed by atoms with E-state index in [-0.39, 0.29) is 0 Å². The summed E-state index contributed by atoms with van der Waals surface area (Å²) in [6, 6.07) is 5.20. The van der Waals surface area contributed by atoms with Gasteiger partial charge in [0.25, 0.3) is 0 Å². The summed E-state index contributed by atoms with van der Waals surface area (Å²) in [6.45, 7) is 0.382. The highest BCUT2D eigenvalue weighted by Crippen LogP contribution is 2.18. The first-order valence-corrected chi connectivity index (χ1v) is 4.66. The Bertz CT molecular complexity index is 452. The number of rotatable bonds is 2. The minimum Gasteiger partial charge on any atom is -0.397 e. The van der Waals surface area contributed by atoms with Gasteiger partial charge in [-0.2, -0.15) is 0 Å². The summed E-state index contributed by atoms with van der Waals surface area (Å²) in [5.41, 5.74) is 15.0. The number of azide groups is 1. The van der Waals surface area contributed by atoms with Crippen LogP contribution in [0.4, 0.5) is 5.69 Å². The van der Waals surface area contributed by atoms with Crippen LogP contribution in [0.25, 0.3) is 10.4 Å². The molecule has 1 aromatic rings. The van der Waals surface area contributed by atoms with Gasteiger partial charge in [-0.25, -0.2) is 0 Å². The third-order valence-corrected chi connectivity index (χ3v) is 1.97. The quantitative estimate of drug-likeness (QED) is 0.204. The number of hydrogen-bond acceptors (Lipinski definition) is 2. The van der Waals surface area contributed by atoms with E-state index in [4.69, 9.17) is 22.9 Å². The molecule has 0 heterocycles. The zero-order valence-corrected chi connectivity index (χ0v) is 8.70. The molecule has 15 heavy (non-hydrogen) atoms. The van der Waals surface area contributed by atoms with E-state index in [1.165, 1.54) is 0 Å². The Morgan fingerprint density at radius 2 is 2.33 bits per heavy atom. The first-order valence-electron chi connectivity index (χ1n) is 4.29. The van der Waals surface area contributed by atoms with Gasteiger partial charge in [-0.05, 0) is 23.7 Å². The molecule has 1 rings (SSSR count). The van der Waals surface area contributed by atoms with E-state index in [2.05, 4.69) is 21.9 Å². The zero-order chi connectivity index (χ0) is 11.1. The van der Waals surface area contributed by atoms with Crippen molar-refractivity contribution in [2.24, 2.45) is 5.11 Å². The Kier molecular flexibility index (Phi) is 4.36. The minimum atomic E-state index is 0.382. The van der Waals surface area contributed by atoms with Crippen LogP contribution in [0.15, 0.2) is 23.3 Å². The summed E-state index contributed by atoms with van der Waals surface area (Å²) >= 11 is 5.75. The molecule has 76 valence electrons. The van der Waals surface area contributed by atoms with Crippen LogP contribution >= 0.6 is 11.6 Å². The average Bonchev–Trinajstić information content (AvgIpc) is 2.23. The van der Waals surface area contributed by atoms with E-state index >= 15 is 0 Å². The molecule has 0 spiro atoms. The number of nitrogen functional groups attached to an aromatic ring is 1. The fraction of sp³-hybridized carbons (Fsp3) is 0.200. The highest BCUT2D eigenvalue weighted by molar-refractivity contribution is 6.33. The monoisotopic (exact) mass is 220 g/mol. The molecule has 0 bridgehead atoms. The van der Waals surface area contributed by atoms with E-state index in [0.29, 0.717) is 23.7 Å². The third-order valence-electron chi connectivity index (χ3n) is 1.63. The molecule has 0 saturated heterocycles. The highest BCUT2D eigenvalue weighted by Gasteiger charge is 1.94. The molecule has 0 aliphatic rings. The predicted octanol–water partition coefficient (Wildman–Crippen LogP) is 2.97. The Morgan fingerprint density at radius 1 is 1.53 bits per heavy atom. The number of nitrogens with two attached hydrogens (primary N) is 1. The Morgan fingerprint density at radius 3 is 3.00 bits per heavy atom. The SMILES string of the molecule is [N-]=[N+]=NCCC#Cc1ccc(Cl)c(N)c1. The molecule has 0 fully saturated rings. The molecule has 4 nitrogen and oxygen atoms in total. The molecule has 0 aliphatic heterocycles. The van der Waals surface area contributed by atoms with Gasteiger partial charge < -0.3 is 5.73 Å². The molecule has 0 radical (unpaired) electrons. The van der Waals surface area contributed by atoms with Crippen molar-refractivity contribution < 1.29 is 0 Å². The predicted molar refractivity (Wildman–Crippen MR) is 61.4 cm³/mol. The van der Waals surface area contributed by atoms with Gasteiger partial charge in [0.05, 0.1) is 10.7 Å². The Labute approximate surface area is 92.7 Å². The van der Waals surface area contributed by atoms with Crippen molar-refractivity contribution in [3.8, 4) is 11.8 Å². The van der Waals surface area contributed by atoms with Crippen molar-refractivity contribution in [3.63, 3.8) is 0 Å². The fourth-order valence-electron chi connectivity index (χ4n) is 0.937. The summed E-state index contributed by atoms with van der Waals surface area (Å²) in [6.07, 6.45) is 0.534. The van der Waals surface area contributed by atoms with Gasteiger partial charge in [-0.3, -0.25) is 0 Å². The molecule has 5 heteroatoms. The average molecular weight is 221 g/mol. The number of halogens is 1. The van der Waals surface area contributed by atoms with Crippen LogP contribution < -0.4 is 5.73 Å². The first kappa shape index (κ1) is 11.3. The van der Waals surface area contributed by atoms with Crippen LogP contribution in [0, 0.1) is 11.8 Å². The van der Waals surface area contributed by atoms with Crippen molar-refractivity contribution in [1.82, 2.24) is 0 Å². The lowest BCUT2D eigenvalue weighted by atomic mass is 10.2. The van der Waals surface area contributed by atoms with E-state index < -0.39 is 0 Å². The first-order chi connectivity index (χ1) is 7.24. The maximum absolute atomic E-state index is 8.03. The summed E-state index contributed by atoms with van der Waals surface area (Å²) < 4.78 is 0. The smallest absolute Gasteiger partial charge is 0.0636 e. The van der Waals surface area contributed by atoms with E-state index in [1.54, 1.807) is 18.2 Å². The van der Waals surface area contributed by atoms with Crippen molar-refractivity contribution in [2.75, 3.05) is 12.3 Å². The lowest BCUT2D eigenvalue weighted by Gasteiger charge is -1.96. The largest absolute Gasteiger partial charge is 0.397 e. The van der Waals surface area contributed by atoms with E-state index in [1.807, 2.05) is 0 Å². The summed E-state index contributed by atoms with van der Waals surface area (Å²) in [5, 5.41) is 3.89. The molecule has 0 saturated carbocycles. The zero-order valence-electron chi connectivity index (χ0n) is 7.94. The molecule has 1 aromatic carbocycles. The van der Waals surface area contributed by atoms with Gasteiger partial charge in [0.15, 0.2) is 0 Å². The van der Waals surface area contributed by atoms with Gasteiger partial charge in [0, 0.05) is 23.4 Å². The summed E-state index contributed by atoms with van der Waals surface area (Å²) in [5.74, 6) is 5.77. The molecule has 0 aliphatic carbocycles. The molecular formula is C10H9ClN4. The number of anilines is 1. The normalized spacial score (nSPS) is 8.60. The molecule has 2 N–H and O–H groups in total. The van der Waals surface area contributed by atoms with Crippen LogP contribution in [0.3, 0.4) is 0 Å². The Balaban J connectivity index is 2.64. The molecular weight excluding hydrogens is 212 g/mol. The van der Waals surface area contributed by atoms with Crippen LogP contribution in [-0.4, -0.2) is 6.54 Å². The maximum atomic E-state index is 8.03. The molecule has 0 atom stereocenters. The van der Waals surface area contributed by atoms with E-state index in [9.17, 15) is 0 Å².